The Kier molecular flexibility index (Phi) is 4.68. The highest BCUT2D eigenvalue weighted by molar-refractivity contribution is 9.10. The molecule has 1 aliphatic heterocycles. The van der Waals surface area contributed by atoms with Crippen molar-refractivity contribution in [2.24, 2.45) is 0 Å². The molecule has 134 valence electrons. The molecule has 0 saturated carbocycles. The van der Waals surface area contributed by atoms with E-state index >= 15 is 0 Å². The number of hydrogen-bond acceptors (Lipinski definition) is 5. The van der Waals surface area contributed by atoms with Crippen LogP contribution in [-0.2, 0) is 4.79 Å². The number of nitro benzene ring substituents is 1. The summed E-state index contributed by atoms with van der Waals surface area (Å²) in [5, 5.41) is 13.9. The zero-order valence-electron chi connectivity index (χ0n) is 13.0. The van der Waals surface area contributed by atoms with Crippen LogP contribution in [0.4, 0.5) is 15.8 Å². The first kappa shape index (κ1) is 18.3. The fourth-order valence-corrected chi connectivity index (χ4v) is 3.34. The van der Waals surface area contributed by atoms with Gasteiger partial charge in [0.25, 0.3) is 11.6 Å². The number of fused-ring (bicyclic) bond motifs is 1. The standard InChI is InChI=1S/C16H9BrClFN2O5/c1-6-16(23)20-14-11(26-6)5-10(21(24)25)12(13(14)17)15(22)8-4-7(19)2-3-9(8)18/h2-6H,1H3,(H,20,23). The van der Waals surface area contributed by atoms with Crippen molar-refractivity contribution in [3.05, 3.63) is 60.8 Å². The molecule has 1 heterocycles. The van der Waals surface area contributed by atoms with E-state index in [2.05, 4.69) is 21.2 Å². The maximum atomic E-state index is 13.5. The number of carbonyl (C=O) groups excluding carboxylic acids is 2. The van der Waals surface area contributed by atoms with E-state index in [4.69, 9.17) is 16.3 Å². The average Bonchev–Trinajstić information content (AvgIpc) is 2.58. The Balaban J connectivity index is 2.25. The van der Waals surface area contributed by atoms with Gasteiger partial charge >= 0.3 is 0 Å². The largest absolute Gasteiger partial charge is 0.478 e. The van der Waals surface area contributed by atoms with E-state index in [1.807, 2.05) is 0 Å². The van der Waals surface area contributed by atoms with E-state index in [-0.39, 0.29) is 32.1 Å². The zero-order valence-corrected chi connectivity index (χ0v) is 15.4. The number of nitrogens with zero attached hydrogens (tertiary/aromatic N) is 1. The molecule has 1 amide bonds. The predicted molar refractivity (Wildman–Crippen MR) is 94.4 cm³/mol. The Morgan fingerprint density at radius 2 is 2.12 bits per heavy atom. The van der Waals surface area contributed by atoms with Crippen LogP contribution in [0, 0.1) is 15.9 Å². The van der Waals surface area contributed by atoms with E-state index in [1.165, 1.54) is 13.0 Å². The smallest absolute Gasteiger partial charge is 0.285 e. The minimum atomic E-state index is -0.872. The summed E-state index contributed by atoms with van der Waals surface area (Å²) in [7, 11) is 0. The summed E-state index contributed by atoms with van der Waals surface area (Å²) in [5.74, 6) is -2.03. The van der Waals surface area contributed by atoms with Gasteiger partial charge in [-0.25, -0.2) is 4.39 Å². The summed E-state index contributed by atoms with van der Waals surface area (Å²) >= 11 is 9.06. The number of halogens is 3. The SMILES string of the molecule is CC1Oc2cc([N+](=O)[O-])c(C(=O)c3cc(F)ccc3Cl)c(Br)c2NC1=O. The van der Waals surface area contributed by atoms with Crippen molar-refractivity contribution < 1.29 is 23.6 Å². The molecule has 1 unspecified atom stereocenters. The normalized spacial score (nSPS) is 15.7. The molecule has 0 bridgehead atoms. The monoisotopic (exact) mass is 442 g/mol. The third kappa shape index (κ3) is 3.04. The summed E-state index contributed by atoms with van der Waals surface area (Å²) in [4.78, 5) is 35.4. The number of ketones is 1. The van der Waals surface area contributed by atoms with Crippen molar-refractivity contribution in [1.82, 2.24) is 0 Å². The number of nitro groups is 1. The highest BCUT2D eigenvalue weighted by Crippen LogP contribution is 2.44. The van der Waals surface area contributed by atoms with Crippen molar-refractivity contribution in [3.8, 4) is 5.75 Å². The summed E-state index contributed by atoms with van der Waals surface area (Å²) in [6.45, 7) is 1.48. The number of ether oxygens (including phenoxy) is 1. The van der Waals surface area contributed by atoms with Gasteiger partial charge in [-0.3, -0.25) is 19.7 Å². The van der Waals surface area contributed by atoms with Gasteiger partial charge in [-0.2, -0.15) is 0 Å². The number of carbonyl (C=O) groups is 2. The van der Waals surface area contributed by atoms with Gasteiger partial charge in [0.05, 0.1) is 26.2 Å². The third-order valence-corrected chi connectivity index (χ3v) is 4.85. The van der Waals surface area contributed by atoms with Crippen LogP contribution in [0.25, 0.3) is 0 Å². The van der Waals surface area contributed by atoms with Crippen LogP contribution in [0.5, 0.6) is 5.75 Å². The van der Waals surface area contributed by atoms with Crippen LogP contribution in [0.1, 0.15) is 22.8 Å². The van der Waals surface area contributed by atoms with Crippen molar-refractivity contribution in [2.75, 3.05) is 5.32 Å². The topological polar surface area (TPSA) is 98.5 Å². The molecule has 1 aliphatic rings. The molecule has 2 aromatic rings. The molecule has 1 atom stereocenters. The quantitative estimate of drug-likeness (QED) is 0.437. The molecule has 0 fully saturated rings. The van der Waals surface area contributed by atoms with Gasteiger partial charge in [0, 0.05) is 5.56 Å². The van der Waals surface area contributed by atoms with Crippen LogP contribution in [0.15, 0.2) is 28.7 Å². The highest BCUT2D eigenvalue weighted by atomic mass is 79.9. The number of benzene rings is 2. The van der Waals surface area contributed by atoms with Crippen molar-refractivity contribution in [2.45, 2.75) is 13.0 Å². The number of rotatable bonds is 3. The molecule has 1 N–H and O–H groups in total. The highest BCUT2D eigenvalue weighted by Gasteiger charge is 2.34. The molecule has 0 saturated heterocycles. The van der Waals surface area contributed by atoms with Gasteiger partial charge < -0.3 is 10.1 Å². The van der Waals surface area contributed by atoms with Crippen molar-refractivity contribution in [3.63, 3.8) is 0 Å². The average molecular weight is 444 g/mol. The summed E-state index contributed by atoms with van der Waals surface area (Å²) in [5.41, 5.74) is -1.11. The van der Waals surface area contributed by atoms with Crippen molar-refractivity contribution in [1.29, 1.82) is 0 Å². The first-order chi connectivity index (χ1) is 12.2. The van der Waals surface area contributed by atoms with Gasteiger partial charge in [0.2, 0.25) is 5.78 Å². The molecule has 26 heavy (non-hydrogen) atoms. The second-order valence-corrected chi connectivity index (χ2v) is 6.62. The van der Waals surface area contributed by atoms with Gasteiger partial charge in [0.1, 0.15) is 11.4 Å². The molecule has 7 nitrogen and oxygen atoms in total. The minimum absolute atomic E-state index is 0.0394. The lowest BCUT2D eigenvalue weighted by molar-refractivity contribution is -0.385. The van der Waals surface area contributed by atoms with Crippen LogP contribution >= 0.6 is 27.5 Å². The molecule has 0 aromatic heterocycles. The van der Waals surface area contributed by atoms with Crippen LogP contribution in [0.3, 0.4) is 0 Å². The maximum Gasteiger partial charge on any atom is 0.285 e. The molecule has 2 aromatic carbocycles. The second-order valence-electron chi connectivity index (χ2n) is 5.42. The predicted octanol–water partition coefficient (Wildman–Crippen LogP) is 4.10. The molecule has 0 radical (unpaired) electrons. The Morgan fingerprint density at radius 1 is 1.42 bits per heavy atom. The van der Waals surface area contributed by atoms with Crippen LogP contribution < -0.4 is 10.1 Å². The molecule has 10 heteroatoms. The van der Waals surface area contributed by atoms with E-state index in [0.717, 1.165) is 18.2 Å². The fraction of sp³-hybridized carbons (Fsp3) is 0.125. The van der Waals surface area contributed by atoms with E-state index in [1.54, 1.807) is 0 Å². The van der Waals surface area contributed by atoms with E-state index < -0.39 is 34.2 Å². The summed E-state index contributed by atoms with van der Waals surface area (Å²) in [6.07, 6.45) is -0.854. The van der Waals surface area contributed by atoms with Crippen molar-refractivity contribution >= 4 is 50.6 Å². The molecular weight excluding hydrogens is 435 g/mol. The first-order valence-corrected chi connectivity index (χ1v) is 8.36. The Hall–Kier alpha value is -2.52. The fourth-order valence-electron chi connectivity index (χ4n) is 2.46. The Morgan fingerprint density at radius 3 is 2.77 bits per heavy atom. The molecular formula is C16H9BrClFN2O5. The van der Waals surface area contributed by atoms with E-state index in [0.29, 0.717) is 0 Å². The third-order valence-electron chi connectivity index (χ3n) is 3.73. The first-order valence-electron chi connectivity index (χ1n) is 7.19. The lowest BCUT2D eigenvalue weighted by Crippen LogP contribution is -2.34. The molecule has 0 aliphatic carbocycles. The van der Waals surface area contributed by atoms with Gasteiger partial charge in [-0.15, -0.1) is 0 Å². The lowest BCUT2D eigenvalue weighted by Gasteiger charge is -2.25. The Labute approximate surface area is 159 Å². The molecule has 3 rings (SSSR count). The number of anilines is 1. The molecule has 0 spiro atoms. The number of hydrogen-bond donors (Lipinski definition) is 1. The van der Waals surface area contributed by atoms with E-state index in [9.17, 15) is 24.1 Å². The van der Waals surface area contributed by atoms with Gasteiger partial charge in [-0.05, 0) is 41.1 Å². The van der Waals surface area contributed by atoms with Crippen LogP contribution in [0.2, 0.25) is 5.02 Å². The maximum absolute atomic E-state index is 13.5. The van der Waals surface area contributed by atoms with Crippen LogP contribution in [-0.4, -0.2) is 22.7 Å². The Bertz CT molecular complexity index is 982. The number of amides is 1. The summed E-state index contributed by atoms with van der Waals surface area (Å²) in [6, 6.07) is 4.16. The zero-order chi connectivity index (χ0) is 19.2. The number of nitrogens with one attached hydrogen (secondary N) is 1. The van der Waals surface area contributed by atoms with Gasteiger partial charge in [0.15, 0.2) is 11.9 Å². The summed E-state index contributed by atoms with van der Waals surface area (Å²) < 4.78 is 18.8. The minimum Gasteiger partial charge on any atom is -0.478 e. The van der Waals surface area contributed by atoms with Gasteiger partial charge in [-0.1, -0.05) is 11.6 Å². The lowest BCUT2D eigenvalue weighted by atomic mass is 9.99. The second kappa shape index (κ2) is 6.65.